The minimum atomic E-state index is -1.08. The van der Waals surface area contributed by atoms with Gasteiger partial charge in [0.25, 0.3) is 0 Å². The van der Waals surface area contributed by atoms with Crippen LogP contribution in [0.4, 0.5) is 0 Å². The molecule has 0 amide bonds. The SMILES string of the molecule is COC(=O)C1=C(C)NC2=C(C(=O)c3ccccc32)[C@H]1c1ccc(OCC(=O)O)c(I)c1. The highest BCUT2D eigenvalue weighted by Crippen LogP contribution is 2.47. The smallest absolute Gasteiger partial charge is 0.341 e. The number of dihydropyridines is 1. The number of ketones is 1. The third kappa shape index (κ3) is 3.60. The van der Waals surface area contributed by atoms with Crippen LogP contribution < -0.4 is 10.1 Å². The minimum Gasteiger partial charge on any atom is -0.481 e. The first kappa shape index (κ1) is 21.1. The Labute approximate surface area is 191 Å². The first-order valence-corrected chi connectivity index (χ1v) is 10.5. The lowest BCUT2D eigenvalue weighted by Crippen LogP contribution is -2.29. The van der Waals surface area contributed by atoms with Crippen molar-refractivity contribution in [3.8, 4) is 5.75 Å². The molecule has 1 atom stereocenters. The number of fused-ring (bicyclic) bond motifs is 2. The van der Waals surface area contributed by atoms with Crippen LogP contribution in [-0.4, -0.2) is 36.5 Å². The number of carboxylic acids is 1. The Morgan fingerprint density at radius 3 is 2.52 bits per heavy atom. The molecule has 31 heavy (non-hydrogen) atoms. The predicted octanol–water partition coefficient (Wildman–Crippen LogP) is 3.50. The molecule has 7 nitrogen and oxygen atoms in total. The van der Waals surface area contributed by atoms with E-state index in [9.17, 15) is 14.4 Å². The van der Waals surface area contributed by atoms with Crippen molar-refractivity contribution in [3.05, 3.63) is 79.6 Å². The molecule has 2 N–H and O–H groups in total. The number of carbonyl (C=O) groups is 3. The molecule has 4 rings (SSSR count). The maximum atomic E-state index is 13.3. The topological polar surface area (TPSA) is 102 Å². The zero-order valence-corrected chi connectivity index (χ0v) is 18.8. The molecular formula is C23H18INO6. The van der Waals surface area contributed by atoms with Crippen LogP contribution in [0.2, 0.25) is 0 Å². The number of halogens is 1. The van der Waals surface area contributed by atoms with E-state index in [-0.39, 0.29) is 5.78 Å². The fourth-order valence-electron chi connectivity index (χ4n) is 4.00. The molecule has 0 radical (unpaired) electrons. The molecule has 0 aromatic heterocycles. The second-order valence-corrected chi connectivity index (χ2v) is 8.29. The molecule has 2 aliphatic rings. The van der Waals surface area contributed by atoms with Gasteiger partial charge in [-0.05, 0) is 47.2 Å². The van der Waals surface area contributed by atoms with Crippen LogP contribution in [0.25, 0.3) is 5.70 Å². The fraction of sp³-hybridized carbons (Fsp3) is 0.174. The summed E-state index contributed by atoms with van der Waals surface area (Å²) in [6, 6.07) is 12.5. The quantitative estimate of drug-likeness (QED) is 0.450. The van der Waals surface area contributed by atoms with E-state index >= 15 is 0 Å². The average Bonchev–Trinajstić information content (AvgIpc) is 3.03. The molecule has 0 spiro atoms. The number of aliphatic carboxylic acids is 1. The van der Waals surface area contributed by atoms with Gasteiger partial charge in [0.2, 0.25) is 0 Å². The maximum Gasteiger partial charge on any atom is 0.341 e. The van der Waals surface area contributed by atoms with Crippen molar-refractivity contribution in [1.82, 2.24) is 5.32 Å². The number of allylic oxidation sites excluding steroid dienone is 2. The molecular weight excluding hydrogens is 513 g/mol. The highest BCUT2D eigenvalue weighted by molar-refractivity contribution is 14.1. The Kier molecular flexibility index (Phi) is 5.57. The zero-order chi connectivity index (χ0) is 22.3. The predicted molar refractivity (Wildman–Crippen MR) is 121 cm³/mol. The van der Waals surface area contributed by atoms with Crippen molar-refractivity contribution in [1.29, 1.82) is 0 Å². The lowest BCUT2D eigenvalue weighted by molar-refractivity contribution is -0.139. The standard InChI is InChI=1S/C23H18INO6/c1-11-18(23(29)30-2)19(12-7-8-16(15(24)9-12)31-10-17(26)27)20-21(25-11)13-5-3-4-6-14(13)22(20)28/h3-9,19,25H,10H2,1-2H3,(H,26,27)/t19-/m0/s1. The summed E-state index contributed by atoms with van der Waals surface area (Å²) in [5.41, 5.74) is 4.24. The summed E-state index contributed by atoms with van der Waals surface area (Å²) in [4.78, 5) is 36.9. The van der Waals surface area contributed by atoms with Crippen LogP contribution in [0, 0.1) is 3.57 Å². The third-order valence-corrected chi connectivity index (χ3v) is 6.14. The monoisotopic (exact) mass is 531 g/mol. The molecule has 158 valence electrons. The third-order valence-electron chi connectivity index (χ3n) is 5.29. The number of carboxylic acid groups (broad SMARTS) is 1. The Hall–Kier alpha value is -3.14. The van der Waals surface area contributed by atoms with Crippen LogP contribution in [0.15, 0.2) is 59.3 Å². The number of rotatable bonds is 5. The molecule has 0 bridgehead atoms. The molecule has 0 unspecified atom stereocenters. The van der Waals surface area contributed by atoms with E-state index in [1.807, 2.05) is 40.8 Å². The molecule has 0 saturated heterocycles. The van der Waals surface area contributed by atoms with Gasteiger partial charge in [0.15, 0.2) is 12.4 Å². The number of Topliss-reactive ketones (excluding diaryl/α,β-unsaturated/α-hetero) is 1. The first-order chi connectivity index (χ1) is 14.8. The Morgan fingerprint density at radius 2 is 1.87 bits per heavy atom. The highest BCUT2D eigenvalue weighted by atomic mass is 127. The summed E-state index contributed by atoms with van der Waals surface area (Å²) in [7, 11) is 1.31. The van der Waals surface area contributed by atoms with Crippen LogP contribution in [0.1, 0.15) is 34.3 Å². The molecule has 2 aromatic rings. The molecule has 1 aliphatic carbocycles. The van der Waals surface area contributed by atoms with Gasteiger partial charge in [-0.2, -0.15) is 0 Å². The van der Waals surface area contributed by atoms with Crippen molar-refractivity contribution in [2.45, 2.75) is 12.8 Å². The van der Waals surface area contributed by atoms with Crippen LogP contribution >= 0.6 is 22.6 Å². The number of esters is 1. The fourth-order valence-corrected chi connectivity index (χ4v) is 4.69. The number of nitrogens with one attached hydrogen (secondary N) is 1. The zero-order valence-electron chi connectivity index (χ0n) is 16.7. The van der Waals surface area contributed by atoms with Crippen molar-refractivity contribution in [2.75, 3.05) is 13.7 Å². The minimum absolute atomic E-state index is 0.141. The van der Waals surface area contributed by atoms with Gasteiger partial charge < -0.3 is 19.9 Å². The van der Waals surface area contributed by atoms with Crippen molar-refractivity contribution in [3.63, 3.8) is 0 Å². The van der Waals surface area contributed by atoms with Gasteiger partial charge in [-0.15, -0.1) is 0 Å². The lowest BCUT2D eigenvalue weighted by Gasteiger charge is -2.29. The lowest BCUT2D eigenvalue weighted by atomic mass is 9.80. The first-order valence-electron chi connectivity index (χ1n) is 9.42. The summed E-state index contributed by atoms with van der Waals surface area (Å²) < 4.78 is 11.0. The Bertz CT molecular complexity index is 1200. The Morgan fingerprint density at radius 1 is 1.16 bits per heavy atom. The normalized spacial score (nSPS) is 17.1. The Balaban J connectivity index is 1.85. The largest absolute Gasteiger partial charge is 0.481 e. The summed E-state index contributed by atoms with van der Waals surface area (Å²) in [5.74, 6) is -1.96. The van der Waals surface area contributed by atoms with Crippen LogP contribution in [0.5, 0.6) is 5.75 Å². The second kappa shape index (κ2) is 8.18. The molecule has 0 fully saturated rings. The van der Waals surface area contributed by atoms with E-state index in [4.69, 9.17) is 14.6 Å². The molecule has 0 saturated carbocycles. The number of hydrogen-bond acceptors (Lipinski definition) is 6. The molecule has 2 aromatic carbocycles. The average molecular weight is 531 g/mol. The molecule has 1 aliphatic heterocycles. The van der Waals surface area contributed by atoms with Gasteiger partial charge in [0, 0.05) is 28.3 Å². The van der Waals surface area contributed by atoms with Crippen molar-refractivity contribution >= 4 is 46.0 Å². The second-order valence-electron chi connectivity index (χ2n) is 7.12. The van der Waals surface area contributed by atoms with E-state index in [0.717, 1.165) is 5.56 Å². The van der Waals surface area contributed by atoms with E-state index in [2.05, 4.69) is 5.32 Å². The molecule has 8 heteroatoms. The van der Waals surface area contributed by atoms with Crippen molar-refractivity contribution in [2.24, 2.45) is 0 Å². The van der Waals surface area contributed by atoms with Gasteiger partial charge in [-0.1, -0.05) is 30.3 Å². The number of carbonyl (C=O) groups excluding carboxylic acids is 2. The van der Waals surface area contributed by atoms with E-state index in [0.29, 0.717) is 43.0 Å². The summed E-state index contributed by atoms with van der Waals surface area (Å²) in [5, 5.41) is 12.1. The highest BCUT2D eigenvalue weighted by Gasteiger charge is 2.42. The van der Waals surface area contributed by atoms with Gasteiger partial charge in [0.1, 0.15) is 5.75 Å². The van der Waals surface area contributed by atoms with Gasteiger partial charge >= 0.3 is 11.9 Å². The summed E-state index contributed by atoms with van der Waals surface area (Å²) in [6.07, 6.45) is 0. The van der Waals surface area contributed by atoms with E-state index in [1.165, 1.54) is 7.11 Å². The van der Waals surface area contributed by atoms with Gasteiger partial charge in [-0.25, -0.2) is 9.59 Å². The maximum absolute atomic E-state index is 13.3. The van der Waals surface area contributed by atoms with Crippen molar-refractivity contribution < 1.29 is 29.0 Å². The number of ether oxygens (including phenoxy) is 2. The summed E-state index contributed by atoms with van der Waals surface area (Å²) in [6.45, 7) is 1.32. The number of benzene rings is 2. The summed E-state index contributed by atoms with van der Waals surface area (Å²) >= 11 is 2.05. The van der Waals surface area contributed by atoms with E-state index in [1.54, 1.807) is 31.2 Å². The van der Waals surface area contributed by atoms with Gasteiger partial charge in [-0.3, -0.25) is 4.79 Å². The number of methoxy groups -OCH3 is 1. The number of hydrogen-bond donors (Lipinski definition) is 2. The van der Waals surface area contributed by atoms with Crippen LogP contribution in [-0.2, 0) is 14.3 Å². The molecule has 1 heterocycles. The van der Waals surface area contributed by atoms with E-state index < -0.39 is 24.5 Å². The van der Waals surface area contributed by atoms with Gasteiger partial charge in [0.05, 0.1) is 22.0 Å². The van der Waals surface area contributed by atoms with Crippen LogP contribution in [0.3, 0.4) is 0 Å².